The highest BCUT2D eigenvalue weighted by Gasteiger charge is 2.10. The maximum Gasteiger partial charge on any atom is 0.253 e. The molecule has 0 saturated heterocycles. The van der Waals surface area contributed by atoms with Gasteiger partial charge in [0.2, 0.25) is 5.91 Å². The molecule has 0 aliphatic rings. The van der Waals surface area contributed by atoms with Gasteiger partial charge in [-0.2, -0.15) is 0 Å². The Morgan fingerprint density at radius 3 is 2.92 bits per heavy atom. The number of aromatic nitrogens is 4. The zero-order valence-corrected chi connectivity index (χ0v) is 14.1. The van der Waals surface area contributed by atoms with Gasteiger partial charge in [-0.3, -0.25) is 14.2 Å². The fourth-order valence-corrected chi connectivity index (χ4v) is 2.55. The summed E-state index contributed by atoms with van der Waals surface area (Å²) in [6.07, 6.45) is 3.05. The number of carbonyl (C=O) groups excluding carboxylic acids is 1. The molecule has 0 aliphatic carbocycles. The minimum Gasteiger partial charge on any atom is -0.497 e. The van der Waals surface area contributed by atoms with Crippen molar-refractivity contribution in [2.45, 2.75) is 19.5 Å². The molecular weight excluding hydrogens is 322 g/mol. The molecule has 0 aliphatic heterocycles. The number of methoxy groups -OCH3 is 1. The monoisotopic (exact) mass is 341 g/mol. The van der Waals surface area contributed by atoms with Crippen LogP contribution in [-0.2, 0) is 24.9 Å². The third kappa shape index (κ3) is 3.68. The highest BCUT2D eigenvalue weighted by molar-refractivity contribution is 5.78. The molecule has 2 heterocycles. The molecule has 1 aromatic carbocycles. The molecular formula is C17H19N5O3. The molecule has 0 atom stereocenters. The van der Waals surface area contributed by atoms with Gasteiger partial charge in [-0.05, 0) is 12.1 Å². The van der Waals surface area contributed by atoms with Crippen LogP contribution < -0.4 is 15.6 Å². The number of carbonyl (C=O) groups is 1. The van der Waals surface area contributed by atoms with E-state index in [9.17, 15) is 9.59 Å². The van der Waals surface area contributed by atoms with Crippen LogP contribution in [0.15, 0.2) is 41.6 Å². The van der Waals surface area contributed by atoms with Gasteiger partial charge in [0.25, 0.3) is 5.56 Å². The van der Waals surface area contributed by atoms with Gasteiger partial charge in [0.05, 0.1) is 31.0 Å². The lowest BCUT2D eigenvalue weighted by Crippen LogP contribution is -2.27. The minimum absolute atomic E-state index is 0.152. The van der Waals surface area contributed by atoms with E-state index < -0.39 is 0 Å². The van der Waals surface area contributed by atoms with Crippen molar-refractivity contribution in [2.75, 3.05) is 7.11 Å². The molecule has 2 aromatic heterocycles. The Kier molecular flexibility index (Phi) is 4.78. The molecule has 0 unspecified atom stereocenters. The first kappa shape index (κ1) is 16.7. The van der Waals surface area contributed by atoms with Crippen molar-refractivity contribution in [2.24, 2.45) is 7.05 Å². The zero-order valence-electron chi connectivity index (χ0n) is 14.1. The summed E-state index contributed by atoms with van der Waals surface area (Å²) in [4.78, 5) is 32.0. The molecule has 3 aromatic rings. The Balaban J connectivity index is 1.62. The Bertz CT molecular complexity index is 960. The first-order chi connectivity index (χ1) is 12.1. The van der Waals surface area contributed by atoms with Crippen molar-refractivity contribution in [1.82, 2.24) is 24.4 Å². The summed E-state index contributed by atoms with van der Waals surface area (Å²) in [6.45, 7) is 0.604. The van der Waals surface area contributed by atoms with E-state index in [0.717, 1.165) is 22.6 Å². The van der Waals surface area contributed by atoms with Crippen LogP contribution in [-0.4, -0.2) is 32.1 Å². The largest absolute Gasteiger partial charge is 0.497 e. The van der Waals surface area contributed by atoms with E-state index in [0.29, 0.717) is 6.54 Å². The van der Waals surface area contributed by atoms with Gasteiger partial charge in [-0.1, -0.05) is 0 Å². The van der Waals surface area contributed by atoms with Crippen molar-refractivity contribution < 1.29 is 9.53 Å². The SMILES string of the molecule is COc1ccc2c(c1)nc(CNC(=O)CCn1cnccc1=O)n2C. The molecule has 25 heavy (non-hydrogen) atoms. The number of ether oxygens (including phenoxy) is 1. The molecule has 0 saturated carbocycles. The summed E-state index contributed by atoms with van der Waals surface area (Å²) >= 11 is 0. The number of hydrogen-bond acceptors (Lipinski definition) is 5. The molecule has 130 valence electrons. The summed E-state index contributed by atoms with van der Waals surface area (Å²) in [6, 6.07) is 7.03. The first-order valence-corrected chi connectivity index (χ1v) is 7.85. The summed E-state index contributed by atoms with van der Waals surface area (Å²) < 4.78 is 8.54. The third-order valence-electron chi connectivity index (χ3n) is 4.00. The van der Waals surface area contributed by atoms with E-state index in [1.165, 1.54) is 23.2 Å². The van der Waals surface area contributed by atoms with Crippen LogP contribution in [0, 0.1) is 0 Å². The lowest BCUT2D eigenvalue weighted by Gasteiger charge is -2.07. The summed E-state index contributed by atoms with van der Waals surface area (Å²) in [5.41, 5.74) is 1.60. The summed E-state index contributed by atoms with van der Waals surface area (Å²) in [5.74, 6) is 1.33. The van der Waals surface area contributed by atoms with Crippen LogP contribution in [0.4, 0.5) is 0 Å². The van der Waals surface area contributed by atoms with Crippen LogP contribution in [0.2, 0.25) is 0 Å². The highest BCUT2D eigenvalue weighted by Crippen LogP contribution is 2.20. The van der Waals surface area contributed by atoms with Gasteiger partial charge >= 0.3 is 0 Å². The molecule has 0 fully saturated rings. The Labute approximate surface area is 144 Å². The predicted octanol–water partition coefficient (Wildman–Crippen LogP) is 0.845. The van der Waals surface area contributed by atoms with Crippen molar-refractivity contribution in [3.63, 3.8) is 0 Å². The van der Waals surface area contributed by atoms with Crippen LogP contribution in [0.5, 0.6) is 5.75 Å². The first-order valence-electron chi connectivity index (χ1n) is 7.85. The zero-order chi connectivity index (χ0) is 17.8. The number of nitrogens with one attached hydrogen (secondary N) is 1. The maximum absolute atomic E-state index is 12.0. The van der Waals surface area contributed by atoms with E-state index in [4.69, 9.17) is 4.74 Å². The maximum atomic E-state index is 12.0. The lowest BCUT2D eigenvalue weighted by molar-refractivity contribution is -0.121. The van der Waals surface area contributed by atoms with E-state index in [2.05, 4.69) is 15.3 Å². The molecule has 0 radical (unpaired) electrons. The molecule has 3 rings (SSSR count). The molecule has 8 heteroatoms. The van der Waals surface area contributed by atoms with E-state index in [1.54, 1.807) is 7.11 Å². The van der Waals surface area contributed by atoms with E-state index in [1.807, 2.05) is 29.8 Å². The Morgan fingerprint density at radius 2 is 2.16 bits per heavy atom. The molecule has 0 bridgehead atoms. The average Bonchev–Trinajstić information content (AvgIpc) is 2.94. The lowest BCUT2D eigenvalue weighted by atomic mass is 10.3. The second-order valence-corrected chi connectivity index (χ2v) is 5.58. The topological polar surface area (TPSA) is 91.0 Å². The van der Waals surface area contributed by atoms with Gasteiger partial charge in [0.15, 0.2) is 0 Å². The molecule has 0 spiro atoms. The van der Waals surface area contributed by atoms with Crippen LogP contribution in [0.25, 0.3) is 11.0 Å². The summed E-state index contributed by atoms with van der Waals surface area (Å²) in [5, 5.41) is 2.83. The highest BCUT2D eigenvalue weighted by atomic mass is 16.5. The predicted molar refractivity (Wildman–Crippen MR) is 92.2 cm³/mol. The van der Waals surface area contributed by atoms with Crippen LogP contribution in [0.3, 0.4) is 0 Å². The quantitative estimate of drug-likeness (QED) is 0.718. The number of aryl methyl sites for hydroxylation is 2. The number of imidazole rings is 1. The number of hydrogen-bond donors (Lipinski definition) is 1. The number of amides is 1. The van der Waals surface area contributed by atoms with Crippen LogP contribution in [0.1, 0.15) is 12.2 Å². The molecule has 1 N–H and O–H groups in total. The van der Waals surface area contributed by atoms with Gasteiger partial charge < -0.3 is 14.6 Å². The normalized spacial score (nSPS) is 10.8. The summed E-state index contributed by atoms with van der Waals surface area (Å²) in [7, 11) is 3.51. The Morgan fingerprint density at radius 1 is 1.32 bits per heavy atom. The van der Waals surface area contributed by atoms with Crippen molar-refractivity contribution in [3.8, 4) is 5.75 Å². The van der Waals surface area contributed by atoms with E-state index in [-0.39, 0.29) is 24.4 Å². The van der Waals surface area contributed by atoms with Crippen molar-refractivity contribution >= 4 is 16.9 Å². The molecule has 1 amide bonds. The third-order valence-corrected chi connectivity index (χ3v) is 4.00. The van der Waals surface area contributed by atoms with Gasteiger partial charge in [0.1, 0.15) is 11.6 Å². The Hall–Kier alpha value is -3.16. The number of benzene rings is 1. The fourth-order valence-electron chi connectivity index (χ4n) is 2.55. The second-order valence-electron chi connectivity index (χ2n) is 5.58. The van der Waals surface area contributed by atoms with Gasteiger partial charge in [0, 0.05) is 38.3 Å². The number of rotatable bonds is 6. The van der Waals surface area contributed by atoms with E-state index >= 15 is 0 Å². The van der Waals surface area contributed by atoms with Crippen molar-refractivity contribution in [3.05, 3.63) is 53.0 Å². The standard InChI is InChI=1S/C17H19N5O3/c1-21-14-4-3-12(25-2)9-13(14)20-15(21)10-19-16(23)6-8-22-11-18-7-5-17(22)24/h3-5,7,9,11H,6,8,10H2,1-2H3,(H,19,23). The van der Waals surface area contributed by atoms with Gasteiger partial charge in [-0.25, -0.2) is 9.97 Å². The number of fused-ring (bicyclic) bond motifs is 1. The average molecular weight is 341 g/mol. The second kappa shape index (κ2) is 7.16. The van der Waals surface area contributed by atoms with Gasteiger partial charge in [-0.15, -0.1) is 0 Å². The van der Waals surface area contributed by atoms with Crippen LogP contribution >= 0.6 is 0 Å². The smallest absolute Gasteiger partial charge is 0.253 e. The van der Waals surface area contributed by atoms with Crippen molar-refractivity contribution in [1.29, 1.82) is 0 Å². The fraction of sp³-hybridized carbons (Fsp3) is 0.294. The minimum atomic E-state index is -0.174. The number of nitrogens with zero attached hydrogens (tertiary/aromatic N) is 4. The molecule has 8 nitrogen and oxygen atoms in total.